The van der Waals surface area contributed by atoms with Gasteiger partial charge in [-0.15, -0.1) is 0 Å². The molecule has 9 aromatic carbocycles. The fraction of sp³-hybridized carbons (Fsp3) is 0. The molecule has 63 heavy (non-hydrogen) atoms. The van der Waals surface area contributed by atoms with Gasteiger partial charge in [0.1, 0.15) is 0 Å². The third-order valence-corrected chi connectivity index (χ3v) is 12.5. The molecule has 13 aromatic rings. The number of para-hydroxylation sites is 5. The number of rotatable bonds is 6. The summed E-state index contributed by atoms with van der Waals surface area (Å²) in [4.78, 5) is 16.1. The number of hydrogen-bond donors (Lipinski definition) is 0. The molecule has 0 radical (unpaired) electrons. The van der Waals surface area contributed by atoms with Crippen LogP contribution in [0.4, 0.5) is 0 Å². The predicted molar refractivity (Wildman–Crippen MR) is 259 cm³/mol. The second-order valence-electron chi connectivity index (χ2n) is 16.0. The normalized spacial score (nSPS) is 11.8. The number of nitrogens with zero attached hydrogens (tertiary/aromatic N) is 6. The van der Waals surface area contributed by atoms with E-state index in [4.69, 9.17) is 15.0 Å². The molecule has 0 bridgehead atoms. The third-order valence-electron chi connectivity index (χ3n) is 12.5. The second-order valence-corrected chi connectivity index (χ2v) is 16.0. The van der Waals surface area contributed by atoms with Crippen LogP contribution in [-0.4, -0.2) is 28.7 Å². The number of aromatic nitrogens is 6. The van der Waals surface area contributed by atoms with Gasteiger partial charge in [0.05, 0.1) is 38.8 Å². The Balaban J connectivity index is 1.14. The molecule has 4 aromatic heterocycles. The van der Waals surface area contributed by atoms with Crippen LogP contribution in [0.25, 0.3) is 117 Å². The molecule has 0 N–H and O–H groups in total. The lowest BCUT2D eigenvalue weighted by molar-refractivity contribution is 0.953. The van der Waals surface area contributed by atoms with Crippen LogP contribution in [0, 0.1) is 0 Å². The van der Waals surface area contributed by atoms with E-state index in [1.54, 1.807) is 0 Å². The van der Waals surface area contributed by atoms with Crippen LogP contribution < -0.4 is 0 Å². The van der Waals surface area contributed by atoms with Gasteiger partial charge in [0.15, 0.2) is 11.6 Å². The zero-order chi connectivity index (χ0) is 41.4. The van der Waals surface area contributed by atoms with E-state index in [-0.39, 0.29) is 0 Å². The van der Waals surface area contributed by atoms with E-state index in [9.17, 15) is 0 Å². The molecule has 0 fully saturated rings. The average Bonchev–Trinajstić information content (AvgIpc) is 4.00. The van der Waals surface area contributed by atoms with E-state index in [0.717, 1.165) is 82.9 Å². The van der Waals surface area contributed by atoms with Crippen molar-refractivity contribution in [2.75, 3.05) is 0 Å². The first kappa shape index (κ1) is 35.2. The Hall–Kier alpha value is -8.61. The highest BCUT2D eigenvalue weighted by Gasteiger charge is 2.25. The molecule has 0 unspecified atom stereocenters. The highest BCUT2D eigenvalue weighted by molar-refractivity contribution is 6.24. The lowest BCUT2D eigenvalue weighted by Crippen LogP contribution is -2.07. The minimum absolute atomic E-state index is 0.550. The molecule has 0 aliphatic rings. The maximum atomic E-state index is 5.49. The molecule has 0 atom stereocenters. The van der Waals surface area contributed by atoms with Crippen molar-refractivity contribution in [1.29, 1.82) is 0 Å². The number of hydrogen-bond acceptors (Lipinski definition) is 3. The molecule has 0 spiro atoms. The van der Waals surface area contributed by atoms with Crippen LogP contribution >= 0.6 is 0 Å². The molecule has 0 aliphatic heterocycles. The van der Waals surface area contributed by atoms with Gasteiger partial charge in [-0.1, -0.05) is 176 Å². The summed E-state index contributed by atoms with van der Waals surface area (Å²) in [6, 6.07) is 77.3. The number of benzene rings is 9. The van der Waals surface area contributed by atoms with E-state index >= 15 is 0 Å². The maximum absolute atomic E-state index is 5.49. The zero-order valence-corrected chi connectivity index (χ0v) is 34.0. The lowest BCUT2D eigenvalue weighted by atomic mass is 10.0. The summed E-state index contributed by atoms with van der Waals surface area (Å²) in [6.07, 6.45) is 0. The Morgan fingerprint density at radius 3 is 1.41 bits per heavy atom. The SMILES string of the molecule is c1ccc(-c2nc(-c3ccc4c5ccccc5n(-c5ccccc5)c4c3)nc(-n3c4ccccc4c4ccc5c6ccccc6n(-c6ccccc6-c6ccccc6)c5c43)n2)cc1. The Labute approximate surface area is 362 Å². The summed E-state index contributed by atoms with van der Waals surface area (Å²) in [5.41, 5.74) is 12.8. The molecule has 13 rings (SSSR count). The smallest absolute Gasteiger partial charge is 0.238 e. The van der Waals surface area contributed by atoms with E-state index in [1.165, 1.54) is 16.2 Å². The van der Waals surface area contributed by atoms with E-state index in [2.05, 4.69) is 214 Å². The Kier molecular flexibility index (Phi) is 7.80. The first-order valence-corrected chi connectivity index (χ1v) is 21.3. The van der Waals surface area contributed by atoms with Crippen molar-refractivity contribution < 1.29 is 0 Å². The Bertz CT molecular complexity index is 3900. The van der Waals surface area contributed by atoms with Gasteiger partial charge >= 0.3 is 0 Å². The molecule has 0 saturated heterocycles. The molecule has 6 nitrogen and oxygen atoms in total. The molecule has 6 heteroatoms. The van der Waals surface area contributed by atoms with Crippen molar-refractivity contribution in [3.8, 4) is 51.2 Å². The highest BCUT2D eigenvalue weighted by Crippen LogP contribution is 2.43. The molecule has 294 valence electrons. The summed E-state index contributed by atoms with van der Waals surface area (Å²) in [5.74, 6) is 1.75. The summed E-state index contributed by atoms with van der Waals surface area (Å²) in [5, 5.41) is 6.95. The fourth-order valence-electron chi connectivity index (χ4n) is 9.76. The monoisotopic (exact) mass is 804 g/mol. The van der Waals surface area contributed by atoms with Crippen molar-refractivity contribution >= 4 is 65.4 Å². The minimum atomic E-state index is 0.550. The van der Waals surface area contributed by atoms with E-state index in [0.29, 0.717) is 17.6 Å². The largest absolute Gasteiger partial charge is 0.309 e. The van der Waals surface area contributed by atoms with E-state index < -0.39 is 0 Å². The summed E-state index contributed by atoms with van der Waals surface area (Å²) < 4.78 is 7.05. The minimum Gasteiger partial charge on any atom is -0.309 e. The highest BCUT2D eigenvalue weighted by atomic mass is 15.2. The van der Waals surface area contributed by atoms with Gasteiger partial charge < -0.3 is 9.13 Å². The van der Waals surface area contributed by atoms with Crippen molar-refractivity contribution in [2.45, 2.75) is 0 Å². The topological polar surface area (TPSA) is 53.5 Å². The van der Waals surface area contributed by atoms with Crippen LogP contribution in [0.15, 0.2) is 218 Å². The standard InChI is InChI=1S/C57H36N6/c1-4-18-37(19-5-1)41-24-10-14-28-48(41)62-50-30-16-12-26-43(50)46-34-35-47-44-27-13-17-31-51(44)63(54(47)53(46)62)57-59-55(38-20-6-2-7-21-38)58-56(60-57)39-32-33-45-42-25-11-15-29-49(42)61(52(45)36-39)40-22-8-3-9-23-40/h1-36H. The number of fused-ring (bicyclic) bond motifs is 10. The maximum Gasteiger partial charge on any atom is 0.238 e. The van der Waals surface area contributed by atoms with Gasteiger partial charge in [-0.25, -0.2) is 4.98 Å². The lowest BCUT2D eigenvalue weighted by Gasteiger charge is -2.16. The molecule has 0 amide bonds. The zero-order valence-electron chi connectivity index (χ0n) is 34.0. The first-order chi connectivity index (χ1) is 31.3. The van der Waals surface area contributed by atoms with Gasteiger partial charge in [0.2, 0.25) is 5.95 Å². The van der Waals surface area contributed by atoms with Gasteiger partial charge in [-0.2, -0.15) is 9.97 Å². The van der Waals surface area contributed by atoms with Crippen molar-refractivity contribution in [2.24, 2.45) is 0 Å². The fourth-order valence-corrected chi connectivity index (χ4v) is 9.76. The predicted octanol–water partition coefficient (Wildman–Crippen LogP) is 14.2. The van der Waals surface area contributed by atoms with Crippen LogP contribution in [-0.2, 0) is 0 Å². The second kappa shape index (κ2) is 14.0. The molecular formula is C57H36N6. The van der Waals surface area contributed by atoms with Crippen LogP contribution in [0.3, 0.4) is 0 Å². The summed E-state index contributed by atoms with van der Waals surface area (Å²) in [6.45, 7) is 0. The molecule has 0 saturated carbocycles. The first-order valence-electron chi connectivity index (χ1n) is 21.3. The summed E-state index contributed by atoms with van der Waals surface area (Å²) >= 11 is 0. The molecular weight excluding hydrogens is 769 g/mol. The van der Waals surface area contributed by atoms with Crippen molar-refractivity contribution in [3.63, 3.8) is 0 Å². The van der Waals surface area contributed by atoms with Gasteiger partial charge in [0.25, 0.3) is 0 Å². The quantitative estimate of drug-likeness (QED) is 0.168. The Morgan fingerprint density at radius 2 is 0.746 bits per heavy atom. The summed E-state index contributed by atoms with van der Waals surface area (Å²) in [7, 11) is 0. The average molecular weight is 805 g/mol. The molecule has 0 aliphatic carbocycles. The van der Waals surface area contributed by atoms with Gasteiger partial charge in [0, 0.05) is 54.7 Å². The van der Waals surface area contributed by atoms with Crippen molar-refractivity contribution in [3.05, 3.63) is 218 Å². The van der Waals surface area contributed by atoms with Gasteiger partial charge in [-0.05, 0) is 48.0 Å². The Morgan fingerprint density at radius 1 is 0.286 bits per heavy atom. The molecule has 4 heterocycles. The van der Waals surface area contributed by atoms with Crippen LogP contribution in [0.2, 0.25) is 0 Å². The van der Waals surface area contributed by atoms with Gasteiger partial charge in [-0.3, -0.25) is 4.57 Å². The van der Waals surface area contributed by atoms with Crippen LogP contribution in [0.5, 0.6) is 0 Å². The van der Waals surface area contributed by atoms with Crippen LogP contribution in [0.1, 0.15) is 0 Å². The van der Waals surface area contributed by atoms with Crippen molar-refractivity contribution in [1.82, 2.24) is 28.7 Å². The third kappa shape index (κ3) is 5.41. The van der Waals surface area contributed by atoms with E-state index in [1.807, 2.05) is 18.2 Å².